The first kappa shape index (κ1) is 19.3. The SMILES string of the molecule is CC(C)c1noc(C(C)Sc2nnc(-c3ccccc3)c(-c3ccccc3)n2)n1. The van der Waals surface area contributed by atoms with Crippen LogP contribution in [0.15, 0.2) is 70.3 Å². The predicted octanol–water partition coefficient (Wildman–Crippen LogP) is 5.57. The zero-order valence-electron chi connectivity index (χ0n) is 16.5. The molecule has 0 saturated carbocycles. The lowest BCUT2D eigenvalue weighted by Crippen LogP contribution is -2.00. The maximum Gasteiger partial charge on any atom is 0.239 e. The van der Waals surface area contributed by atoms with Crippen LogP contribution in [0.25, 0.3) is 22.5 Å². The van der Waals surface area contributed by atoms with Gasteiger partial charge in [0.1, 0.15) is 11.4 Å². The summed E-state index contributed by atoms with van der Waals surface area (Å²) in [5, 5.41) is 13.4. The summed E-state index contributed by atoms with van der Waals surface area (Å²) in [6.45, 7) is 6.07. The normalized spacial score (nSPS) is 12.3. The number of hydrogen-bond acceptors (Lipinski definition) is 7. The Morgan fingerprint density at radius 2 is 1.38 bits per heavy atom. The van der Waals surface area contributed by atoms with Crippen LogP contribution in [-0.4, -0.2) is 25.3 Å². The van der Waals surface area contributed by atoms with Gasteiger partial charge in [-0.05, 0) is 6.92 Å². The average Bonchev–Trinajstić information content (AvgIpc) is 3.26. The molecule has 6 nitrogen and oxygen atoms in total. The fraction of sp³-hybridized carbons (Fsp3) is 0.227. The molecule has 0 fully saturated rings. The van der Waals surface area contributed by atoms with Gasteiger partial charge in [-0.1, -0.05) is 91.4 Å². The van der Waals surface area contributed by atoms with E-state index in [0.29, 0.717) is 16.9 Å². The summed E-state index contributed by atoms with van der Waals surface area (Å²) in [6.07, 6.45) is 0. The van der Waals surface area contributed by atoms with Gasteiger partial charge < -0.3 is 4.52 Å². The lowest BCUT2D eigenvalue weighted by atomic mass is 10.0. The summed E-state index contributed by atoms with van der Waals surface area (Å²) < 4.78 is 5.41. The van der Waals surface area contributed by atoms with Crippen molar-refractivity contribution in [3.05, 3.63) is 72.4 Å². The van der Waals surface area contributed by atoms with E-state index in [4.69, 9.17) is 9.51 Å². The number of nitrogens with zero attached hydrogens (tertiary/aromatic N) is 5. The minimum atomic E-state index is -0.0806. The van der Waals surface area contributed by atoms with Crippen LogP contribution in [0, 0.1) is 0 Å². The van der Waals surface area contributed by atoms with Crippen LogP contribution in [0.4, 0.5) is 0 Å². The lowest BCUT2D eigenvalue weighted by molar-refractivity contribution is 0.373. The second kappa shape index (κ2) is 8.53. The third-order valence-corrected chi connectivity index (χ3v) is 5.30. The molecule has 29 heavy (non-hydrogen) atoms. The number of thioether (sulfide) groups is 1. The van der Waals surface area contributed by atoms with Crippen molar-refractivity contribution in [2.45, 2.75) is 37.1 Å². The second-order valence-corrected chi connectivity index (χ2v) is 8.24. The Hall–Kier alpha value is -3.06. The molecule has 0 aliphatic carbocycles. The first-order chi connectivity index (χ1) is 14.1. The molecular weight excluding hydrogens is 382 g/mol. The molecule has 0 N–H and O–H groups in total. The Balaban J connectivity index is 1.68. The van der Waals surface area contributed by atoms with E-state index in [-0.39, 0.29) is 11.2 Å². The monoisotopic (exact) mass is 403 g/mol. The van der Waals surface area contributed by atoms with E-state index >= 15 is 0 Å². The lowest BCUT2D eigenvalue weighted by Gasteiger charge is -2.10. The van der Waals surface area contributed by atoms with Gasteiger partial charge >= 0.3 is 0 Å². The van der Waals surface area contributed by atoms with E-state index in [0.717, 1.165) is 22.5 Å². The van der Waals surface area contributed by atoms with Crippen LogP contribution in [-0.2, 0) is 0 Å². The molecular formula is C22H21N5OS. The minimum absolute atomic E-state index is 0.0806. The number of benzene rings is 2. The van der Waals surface area contributed by atoms with Gasteiger partial charge in [0, 0.05) is 17.0 Å². The van der Waals surface area contributed by atoms with Crippen LogP contribution < -0.4 is 0 Å². The number of aromatic nitrogens is 5. The molecule has 0 radical (unpaired) electrons. The molecule has 4 aromatic rings. The van der Waals surface area contributed by atoms with Crippen LogP contribution in [0.2, 0.25) is 0 Å². The van der Waals surface area contributed by atoms with Crippen molar-refractivity contribution in [1.82, 2.24) is 25.3 Å². The molecule has 2 aromatic carbocycles. The van der Waals surface area contributed by atoms with Gasteiger partial charge in [-0.25, -0.2) is 4.98 Å². The second-order valence-electron chi connectivity index (χ2n) is 6.93. The van der Waals surface area contributed by atoms with Crippen LogP contribution in [0.1, 0.15) is 43.7 Å². The highest BCUT2D eigenvalue weighted by atomic mass is 32.2. The van der Waals surface area contributed by atoms with Gasteiger partial charge in [0.2, 0.25) is 11.0 Å². The van der Waals surface area contributed by atoms with Crippen molar-refractivity contribution in [1.29, 1.82) is 0 Å². The average molecular weight is 404 g/mol. The largest absolute Gasteiger partial charge is 0.338 e. The standard InChI is InChI=1S/C22H21N5OS/c1-14(2)20-24-21(28-27-20)15(3)29-22-23-18(16-10-6-4-7-11-16)19(25-26-22)17-12-8-5-9-13-17/h4-15H,1-3H3. The van der Waals surface area contributed by atoms with Crippen molar-refractivity contribution in [3.8, 4) is 22.5 Å². The molecule has 0 spiro atoms. The van der Waals surface area contributed by atoms with Crippen molar-refractivity contribution < 1.29 is 4.52 Å². The van der Waals surface area contributed by atoms with E-state index in [1.807, 2.05) is 81.4 Å². The Morgan fingerprint density at radius 3 is 1.97 bits per heavy atom. The van der Waals surface area contributed by atoms with Gasteiger partial charge in [0.15, 0.2) is 5.82 Å². The molecule has 146 valence electrons. The Morgan fingerprint density at radius 1 is 0.759 bits per heavy atom. The van der Waals surface area contributed by atoms with Crippen molar-refractivity contribution in [2.75, 3.05) is 0 Å². The molecule has 0 aliphatic heterocycles. The first-order valence-electron chi connectivity index (χ1n) is 9.47. The van der Waals surface area contributed by atoms with Crippen molar-refractivity contribution in [3.63, 3.8) is 0 Å². The van der Waals surface area contributed by atoms with E-state index in [1.54, 1.807) is 0 Å². The summed E-state index contributed by atoms with van der Waals surface area (Å²) in [5.74, 6) is 1.49. The van der Waals surface area contributed by atoms with Crippen LogP contribution in [0.5, 0.6) is 0 Å². The molecule has 7 heteroatoms. The van der Waals surface area contributed by atoms with Crippen molar-refractivity contribution in [2.24, 2.45) is 0 Å². The quantitative estimate of drug-likeness (QED) is 0.390. The molecule has 1 atom stereocenters. The molecule has 1 unspecified atom stereocenters. The summed E-state index contributed by atoms with van der Waals surface area (Å²) in [7, 11) is 0. The predicted molar refractivity (Wildman–Crippen MR) is 113 cm³/mol. The molecule has 0 aliphatic rings. The Bertz CT molecular complexity index is 1080. The molecule has 0 amide bonds. The highest BCUT2D eigenvalue weighted by molar-refractivity contribution is 7.99. The number of rotatable bonds is 6. The third-order valence-electron chi connectivity index (χ3n) is 4.37. The van der Waals surface area contributed by atoms with Crippen LogP contribution >= 0.6 is 11.8 Å². The van der Waals surface area contributed by atoms with Crippen LogP contribution in [0.3, 0.4) is 0 Å². The highest BCUT2D eigenvalue weighted by Gasteiger charge is 2.20. The summed E-state index contributed by atoms with van der Waals surface area (Å²) in [4.78, 5) is 9.30. The van der Waals surface area contributed by atoms with E-state index < -0.39 is 0 Å². The number of hydrogen-bond donors (Lipinski definition) is 0. The van der Waals surface area contributed by atoms with Gasteiger partial charge in [0.25, 0.3) is 0 Å². The Labute approximate surface area is 173 Å². The zero-order valence-corrected chi connectivity index (χ0v) is 17.3. The zero-order chi connectivity index (χ0) is 20.2. The van der Waals surface area contributed by atoms with E-state index in [2.05, 4.69) is 20.3 Å². The highest BCUT2D eigenvalue weighted by Crippen LogP contribution is 2.35. The van der Waals surface area contributed by atoms with E-state index in [1.165, 1.54) is 11.8 Å². The molecule has 0 saturated heterocycles. The van der Waals surface area contributed by atoms with Gasteiger partial charge in [-0.2, -0.15) is 4.98 Å². The molecule has 4 rings (SSSR count). The summed E-state index contributed by atoms with van der Waals surface area (Å²) in [5.41, 5.74) is 3.54. The maximum atomic E-state index is 5.41. The summed E-state index contributed by atoms with van der Waals surface area (Å²) >= 11 is 1.45. The van der Waals surface area contributed by atoms with Gasteiger partial charge in [0.05, 0.1) is 5.25 Å². The van der Waals surface area contributed by atoms with Gasteiger partial charge in [-0.3, -0.25) is 0 Å². The topological polar surface area (TPSA) is 77.6 Å². The smallest absolute Gasteiger partial charge is 0.239 e. The van der Waals surface area contributed by atoms with Crippen molar-refractivity contribution >= 4 is 11.8 Å². The fourth-order valence-electron chi connectivity index (χ4n) is 2.80. The first-order valence-corrected chi connectivity index (χ1v) is 10.4. The molecule has 2 aromatic heterocycles. The minimum Gasteiger partial charge on any atom is -0.338 e. The molecule has 2 heterocycles. The third kappa shape index (κ3) is 4.35. The van der Waals surface area contributed by atoms with E-state index in [9.17, 15) is 0 Å². The summed E-state index contributed by atoms with van der Waals surface area (Å²) in [6, 6.07) is 20.0. The maximum absolute atomic E-state index is 5.41. The van der Waals surface area contributed by atoms with Gasteiger partial charge in [-0.15, -0.1) is 10.2 Å². The Kier molecular flexibility index (Phi) is 5.67. The fourth-order valence-corrected chi connectivity index (χ4v) is 3.55. The molecule has 0 bridgehead atoms.